The summed E-state index contributed by atoms with van der Waals surface area (Å²) in [7, 11) is -4.14. The van der Waals surface area contributed by atoms with Crippen LogP contribution in [-0.4, -0.2) is 37.9 Å². The minimum Gasteiger partial charge on any atom is -0.371 e. The highest BCUT2D eigenvalue weighted by Gasteiger charge is 2.39. The fraction of sp³-hybridized carbons (Fsp3) is 0.636. The number of benzene rings is 1. The van der Waals surface area contributed by atoms with E-state index in [9.17, 15) is 31.2 Å². The Morgan fingerprint density at radius 1 is 1.15 bits per heavy atom. The number of rotatable bonds is 4. The molecule has 1 aromatic rings. The van der Waals surface area contributed by atoms with Gasteiger partial charge in [-0.3, -0.25) is 14.5 Å². The van der Waals surface area contributed by atoms with Gasteiger partial charge in [-0.05, 0) is 66.7 Å². The lowest BCUT2D eigenvalue weighted by Crippen LogP contribution is -2.44. The summed E-state index contributed by atoms with van der Waals surface area (Å²) in [5.41, 5.74) is 1.94. The van der Waals surface area contributed by atoms with Gasteiger partial charge in [0.15, 0.2) is 0 Å². The predicted molar refractivity (Wildman–Crippen MR) is 114 cm³/mol. The summed E-state index contributed by atoms with van der Waals surface area (Å²) in [5, 5.41) is 4.96. The molecule has 1 aliphatic heterocycles. The fourth-order valence-electron chi connectivity index (χ4n) is 5.10. The Kier molecular flexibility index (Phi) is 7.42. The number of carbonyl (C=O) groups excluding carboxylic acids is 2. The number of nitrogens with zero attached hydrogens (tertiary/aromatic N) is 1. The highest BCUT2D eigenvalue weighted by atomic mass is 32.2. The standard InChI is InChI=1S/C22H29F3N2O5S/c1-13-3-6-19-17(7-4-15-12-16(5-8-18(15)19)32-33(26,30)31)14(2)11-20(28)27(21(13)29)10-9-22(23,24)25/h5,8,12-14,17,19H,3-4,6-7,9-11H2,1-2H3,(H2,26,30,31)/t13-,14?,17?,19?/m0/s1. The van der Waals surface area contributed by atoms with Crippen molar-refractivity contribution in [2.75, 3.05) is 6.54 Å². The van der Waals surface area contributed by atoms with Gasteiger partial charge in [0.2, 0.25) is 11.8 Å². The van der Waals surface area contributed by atoms with Crippen LogP contribution in [0.1, 0.15) is 63.0 Å². The van der Waals surface area contributed by atoms with Gasteiger partial charge < -0.3 is 4.18 Å². The number of imide groups is 1. The first-order valence-electron chi connectivity index (χ1n) is 11.0. The Labute approximate surface area is 191 Å². The van der Waals surface area contributed by atoms with Gasteiger partial charge in [-0.15, -0.1) is 0 Å². The molecule has 1 aliphatic carbocycles. The molecule has 2 aliphatic rings. The van der Waals surface area contributed by atoms with Crippen LogP contribution in [0.25, 0.3) is 0 Å². The topological polar surface area (TPSA) is 107 Å². The summed E-state index contributed by atoms with van der Waals surface area (Å²) in [6.07, 6.45) is -3.23. The number of alkyl halides is 3. The Morgan fingerprint density at radius 2 is 1.85 bits per heavy atom. The molecule has 1 aromatic carbocycles. The zero-order valence-corrected chi connectivity index (χ0v) is 19.4. The van der Waals surface area contributed by atoms with Gasteiger partial charge >= 0.3 is 16.5 Å². The van der Waals surface area contributed by atoms with Crippen molar-refractivity contribution in [3.63, 3.8) is 0 Å². The van der Waals surface area contributed by atoms with Crippen molar-refractivity contribution in [3.8, 4) is 5.75 Å². The molecule has 3 rings (SSSR count). The number of aryl methyl sites for hydroxylation is 1. The Morgan fingerprint density at radius 3 is 2.48 bits per heavy atom. The highest BCUT2D eigenvalue weighted by Crippen LogP contribution is 2.45. The molecular weight excluding hydrogens is 461 g/mol. The van der Waals surface area contributed by atoms with Crippen molar-refractivity contribution in [2.45, 2.75) is 64.5 Å². The molecule has 184 valence electrons. The molecule has 2 N–H and O–H groups in total. The molecule has 33 heavy (non-hydrogen) atoms. The maximum absolute atomic E-state index is 12.9. The van der Waals surface area contributed by atoms with Gasteiger partial charge in [-0.2, -0.15) is 26.7 Å². The van der Waals surface area contributed by atoms with E-state index in [0.29, 0.717) is 19.3 Å². The molecule has 4 atom stereocenters. The van der Waals surface area contributed by atoms with Crippen LogP contribution in [0.3, 0.4) is 0 Å². The van der Waals surface area contributed by atoms with E-state index in [1.165, 1.54) is 6.07 Å². The van der Waals surface area contributed by atoms with Crippen LogP contribution in [0.2, 0.25) is 0 Å². The molecule has 0 aromatic heterocycles. The van der Waals surface area contributed by atoms with Crippen molar-refractivity contribution in [3.05, 3.63) is 29.3 Å². The molecule has 1 fully saturated rings. The molecule has 11 heteroatoms. The number of nitrogens with two attached hydrogens (primary N) is 1. The van der Waals surface area contributed by atoms with E-state index in [0.717, 1.165) is 22.4 Å². The van der Waals surface area contributed by atoms with E-state index < -0.39 is 47.2 Å². The second-order valence-corrected chi connectivity index (χ2v) is 10.3. The second-order valence-electron chi connectivity index (χ2n) is 9.15. The first kappa shape index (κ1) is 25.5. The summed E-state index contributed by atoms with van der Waals surface area (Å²) >= 11 is 0. The number of amides is 2. The normalized spacial score (nSPS) is 27.0. The predicted octanol–water partition coefficient (Wildman–Crippen LogP) is 3.68. The van der Waals surface area contributed by atoms with Crippen LogP contribution in [0.5, 0.6) is 5.75 Å². The van der Waals surface area contributed by atoms with Crippen LogP contribution < -0.4 is 9.32 Å². The zero-order chi connectivity index (χ0) is 24.6. The lowest BCUT2D eigenvalue weighted by atomic mass is 9.67. The van der Waals surface area contributed by atoms with Crippen molar-refractivity contribution in [2.24, 2.45) is 22.9 Å². The van der Waals surface area contributed by atoms with Crippen LogP contribution in [-0.2, 0) is 26.3 Å². The summed E-state index contributed by atoms with van der Waals surface area (Å²) in [6.45, 7) is 2.89. The first-order chi connectivity index (χ1) is 15.2. The van der Waals surface area contributed by atoms with E-state index in [-0.39, 0.29) is 29.9 Å². The summed E-state index contributed by atoms with van der Waals surface area (Å²) in [5.74, 6) is -1.58. The van der Waals surface area contributed by atoms with Gasteiger partial charge in [-0.25, -0.2) is 0 Å². The number of fused-ring (bicyclic) bond motifs is 3. The summed E-state index contributed by atoms with van der Waals surface area (Å²) in [6, 6.07) is 4.99. The van der Waals surface area contributed by atoms with Gasteiger partial charge in [0.05, 0.1) is 6.42 Å². The van der Waals surface area contributed by atoms with E-state index in [1.54, 1.807) is 19.1 Å². The third kappa shape index (κ3) is 6.47. The molecule has 1 saturated heterocycles. The van der Waals surface area contributed by atoms with Crippen LogP contribution in [0, 0.1) is 17.8 Å². The monoisotopic (exact) mass is 490 g/mol. The molecule has 0 bridgehead atoms. The van der Waals surface area contributed by atoms with Crippen molar-refractivity contribution in [1.29, 1.82) is 0 Å². The number of hydrogen-bond acceptors (Lipinski definition) is 5. The SMILES string of the molecule is CC1CC(=O)N(CCC(F)(F)F)C(=O)[C@@H](C)CCC2c3ccc(OS(N)(=O)=O)cc3CCC12. The molecule has 0 saturated carbocycles. The van der Waals surface area contributed by atoms with Gasteiger partial charge in [0.1, 0.15) is 5.75 Å². The molecule has 2 amide bonds. The van der Waals surface area contributed by atoms with E-state index in [2.05, 4.69) is 0 Å². The number of carbonyl (C=O) groups is 2. The quantitative estimate of drug-likeness (QED) is 0.648. The average Bonchev–Trinajstić information content (AvgIpc) is 2.68. The largest absolute Gasteiger partial charge is 0.390 e. The van der Waals surface area contributed by atoms with Gasteiger partial charge in [-0.1, -0.05) is 19.9 Å². The summed E-state index contributed by atoms with van der Waals surface area (Å²) < 4.78 is 65.5. The minimum absolute atomic E-state index is 0.000566. The average molecular weight is 491 g/mol. The molecule has 0 spiro atoms. The Bertz CT molecular complexity index is 1010. The van der Waals surface area contributed by atoms with Crippen molar-refractivity contribution in [1.82, 2.24) is 4.90 Å². The lowest BCUT2D eigenvalue weighted by Gasteiger charge is -2.39. The molecular formula is C22H29F3N2O5S. The molecule has 1 heterocycles. The first-order valence-corrected chi connectivity index (χ1v) is 12.5. The molecule has 3 unspecified atom stereocenters. The lowest BCUT2D eigenvalue weighted by molar-refractivity contribution is -0.156. The fourth-order valence-corrected chi connectivity index (χ4v) is 5.48. The molecule has 7 nitrogen and oxygen atoms in total. The minimum atomic E-state index is -4.45. The van der Waals surface area contributed by atoms with Crippen molar-refractivity contribution < 1.29 is 35.4 Å². The van der Waals surface area contributed by atoms with Gasteiger partial charge in [0.25, 0.3) is 0 Å². The Balaban J connectivity index is 1.86. The number of hydrogen-bond donors (Lipinski definition) is 1. The number of halogens is 3. The molecule has 0 radical (unpaired) electrons. The zero-order valence-electron chi connectivity index (χ0n) is 18.6. The smallest absolute Gasteiger partial charge is 0.371 e. The van der Waals surface area contributed by atoms with E-state index in [4.69, 9.17) is 9.32 Å². The Hall–Kier alpha value is -2.14. The van der Waals surface area contributed by atoms with Crippen LogP contribution in [0.15, 0.2) is 18.2 Å². The third-order valence-electron chi connectivity index (χ3n) is 6.74. The van der Waals surface area contributed by atoms with Crippen LogP contribution in [0.4, 0.5) is 13.2 Å². The van der Waals surface area contributed by atoms with E-state index >= 15 is 0 Å². The maximum atomic E-state index is 12.9. The maximum Gasteiger partial charge on any atom is 0.390 e. The van der Waals surface area contributed by atoms with Crippen LogP contribution >= 0.6 is 0 Å². The van der Waals surface area contributed by atoms with Gasteiger partial charge in [0, 0.05) is 18.9 Å². The summed E-state index contributed by atoms with van der Waals surface area (Å²) in [4.78, 5) is 26.5. The van der Waals surface area contributed by atoms with E-state index in [1.807, 2.05) is 6.92 Å². The van der Waals surface area contributed by atoms with Crippen molar-refractivity contribution >= 4 is 22.1 Å². The highest BCUT2D eigenvalue weighted by molar-refractivity contribution is 7.84. The third-order valence-corrected chi connectivity index (χ3v) is 7.16. The second kappa shape index (κ2) is 9.61.